The van der Waals surface area contributed by atoms with Crippen LogP contribution in [0.1, 0.15) is 35.2 Å². The van der Waals surface area contributed by atoms with E-state index in [0.717, 1.165) is 18.9 Å². The number of cyclic esters (lactones) is 1. The molecule has 1 aromatic carbocycles. The molecule has 0 aliphatic carbocycles. The molecule has 0 saturated carbocycles. The lowest BCUT2D eigenvalue weighted by atomic mass is 10.00. The molecule has 0 radical (unpaired) electrons. The maximum absolute atomic E-state index is 12.4. The van der Waals surface area contributed by atoms with Gasteiger partial charge in [-0.25, -0.2) is 9.59 Å². The maximum atomic E-state index is 12.4. The van der Waals surface area contributed by atoms with Crippen LogP contribution in [0, 0.1) is 0 Å². The van der Waals surface area contributed by atoms with Crippen LogP contribution in [0.15, 0.2) is 41.6 Å². The fourth-order valence-corrected chi connectivity index (χ4v) is 2.53. The molecule has 1 aliphatic rings. The Labute approximate surface area is 162 Å². The fraction of sp³-hybridized carbons (Fsp3) is 0.350. The van der Waals surface area contributed by atoms with E-state index in [0.29, 0.717) is 17.7 Å². The Morgan fingerprint density at radius 2 is 1.93 bits per heavy atom. The molecule has 8 heteroatoms. The molecule has 1 aliphatic heterocycles. The number of methoxy groups -OCH3 is 1. The first-order valence-corrected chi connectivity index (χ1v) is 8.80. The van der Waals surface area contributed by atoms with Crippen LogP contribution in [-0.2, 0) is 25.5 Å². The molecule has 1 aromatic rings. The molecule has 2 rings (SSSR count). The van der Waals surface area contributed by atoms with Gasteiger partial charge in [-0.05, 0) is 37.0 Å². The van der Waals surface area contributed by atoms with E-state index in [1.807, 2.05) is 18.2 Å². The van der Waals surface area contributed by atoms with Crippen molar-refractivity contribution in [1.82, 2.24) is 0 Å². The van der Waals surface area contributed by atoms with E-state index in [4.69, 9.17) is 9.57 Å². The van der Waals surface area contributed by atoms with Gasteiger partial charge in [0.05, 0.1) is 19.4 Å². The van der Waals surface area contributed by atoms with Gasteiger partial charge in [0.1, 0.15) is 17.1 Å². The number of nitrogens with zero attached hydrogens (tertiary/aromatic N) is 1. The molecular formula is C20H23NO7. The normalized spacial score (nSPS) is 19.0. The van der Waals surface area contributed by atoms with Gasteiger partial charge in [0.2, 0.25) is 6.61 Å². The van der Waals surface area contributed by atoms with E-state index in [2.05, 4.69) is 9.89 Å². The molecule has 8 nitrogen and oxygen atoms in total. The number of aromatic hydroxyl groups is 2. The van der Waals surface area contributed by atoms with Crippen molar-refractivity contribution in [2.45, 2.75) is 25.7 Å². The standard InChI is InChI=1S/C20H23NO7/c1-26-18(24)13-28-21-15-8-6-4-2-3-5-7-9-27-20(25)19-14(10-15)11-16(22)12-17(19)23/h3,5-6,8,11-12,22-23H,2,4,7,9-10,13H2,1H3/b5-3+,8-6+,21-15?. The monoisotopic (exact) mass is 389 g/mol. The number of carbonyl (C=O) groups excluding carboxylic acids is 2. The summed E-state index contributed by atoms with van der Waals surface area (Å²) in [4.78, 5) is 28.6. The molecule has 2 N–H and O–H groups in total. The second-order valence-electron chi connectivity index (χ2n) is 5.98. The Morgan fingerprint density at radius 1 is 1.18 bits per heavy atom. The van der Waals surface area contributed by atoms with E-state index < -0.39 is 11.9 Å². The molecule has 0 spiro atoms. The Bertz CT molecular complexity index is 796. The van der Waals surface area contributed by atoms with Gasteiger partial charge in [-0.15, -0.1) is 0 Å². The van der Waals surface area contributed by atoms with Crippen LogP contribution in [0.5, 0.6) is 11.5 Å². The largest absolute Gasteiger partial charge is 0.508 e. The van der Waals surface area contributed by atoms with Crippen molar-refractivity contribution in [3.63, 3.8) is 0 Å². The van der Waals surface area contributed by atoms with Crippen molar-refractivity contribution in [3.05, 3.63) is 47.6 Å². The van der Waals surface area contributed by atoms with Crippen LogP contribution in [0.4, 0.5) is 0 Å². The van der Waals surface area contributed by atoms with E-state index in [-0.39, 0.29) is 36.7 Å². The zero-order valence-corrected chi connectivity index (χ0v) is 15.6. The third-order valence-electron chi connectivity index (χ3n) is 3.85. The summed E-state index contributed by atoms with van der Waals surface area (Å²) in [6, 6.07) is 2.43. The predicted molar refractivity (Wildman–Crippen MR) is 101 cm³/mol. The van der Waals surface area contributed by atoms with Crippen LogP contribution >= 0.6 is 0 Å². The highest BCUT2D eigenvalue weighted by Gasteiger charge is 2.20. The molecule has 0 aromatic heterocycles. The quantitative estimate of drug-likeness (QED) is 0.464. The number of fused-ring (bicyclic) bond motifs is 1. The van der Waals surface area contributed by atoms with Crippen molar-refractivity contribution in [3.8, 4) is 11.5 Å². The Morgan fingerprint density at radius 3 is 2.71 bits per heavy atom. The number of carbonyl (C=O) groups is 2. The number of rotatable bonds is 3. The zero-order chi connectivity index (χ0) is 20.4. The second-order valence-corrected chi connectivity index (χ2v) is 5.98. The molecule has 1 heterocycles. The highest BCUT2D eigenvalue weighted by Crippen LogP contribution is 2.29. The van der Waals surface area contributed by atoms with Crippen molar-refractivity contribution in [2.75, 3.05) is 20.3 Å². The number of benzene rings is 1. The number of phenols is 2. The first-order chi connectivity index (χ1) is 13.5. The van der Waals surface area contributed by atoms with E-state index >= 15 is 0 Å². The van der Waals surface area contributed by atoms with Crippen molar-refractivity contribution >= 4 is 17.7 Å². The first kappa shape index (κ1) is 21.0. The summed E-state index contributed by atoms with van der Waals surface area (Å²) < 4.78 is 9.71. The summed E-state index contributed by atoms with van der Waals surface area (Å²) in [5.74, 6) is -1.87. The number of oxime groups is 1. The number of phenolic OH excluding ortho intramolecular Hbond substituents is 2. The topological polar surface area (TPSA) is 115 Å². The van der Waals surface area contributed by atoms with Gasteiger partial charge in [0, 0.05) is 12.5 Å². The van der Waals surface area contributed by atoms with Gasteiger partial charge in [-0.2, -0.15) is 0 Å². The van der Waals surface area contributed by atoms with Gasteiger partial charge in [0.15, 0.2) is 0 Å². The van der Waals surface area contributed by atoms with Crippen LogP contribution in [0.25, 0.3) is 0 Å². The minimum absolute atomic E-state index is 0.0482. The second kappa shape index (κ2) is 10.8. The van der Waals surface area contributed by atoms with Crippen LogP contribution in [0.2, 0.25) is 0 Å². The molecule has 0 amide bonds. The van der Waals surface area contributed by atoms with Crippen LogP contribution in [-0.4, -0.2) is 48.2 Å². The van der Waals surface area contributed by atoms with Crippen molar-refractivity contribution in [1.29, 1.82) is 0 Å². The molecule has 28 heavy (non-hydrogen) atoms. The highest BCUT2D eigenvalue weighted by atomic mass is 16.6. The Balaban J connectivity index is 2.36. The van der Waals surface area contributed by atoms with Crippen LogP contribution in [0.3, 0.4) is 0 Å². The minimum atomic E-state index is -0.697. The lowest BCUT2D eigenvalue weighted by molar-refractivity contribution is -0.145. The van der Waals surface area contributed by atoms with E-state index in [1.54, 1.807) is 6.08 Å². The Kier molecular flexibility index (Phi) is 8.08. The lowest BCUT2D eigenvalue weighted by Gasteiger charge is -2.12. The number of hydrogen-bond donors (Lipinski definition) is 2. The SMILES string of the molecule is COC(=O)CON=C1/C=C/CC/C=C/CCOC(=O)c2c(O)cc(O)cc2C1. The van der Waals surface area contributed by atoms with Crippen molar-refractivity contribution < 1.29 is 34.1 Å². The predicted octanol–water partition coefficient (Wildman–Crippen LogP) is 2.64. The summed E-state index contributed by atoms with van der Waals surface area (Å²) in [5.41, 5.74) is 0.664. The number of esters is 2. The third-order valence-corrected chi connectivity index (χ3v) is 3.85. The lowest BCUT2D eigenvalue weighted by Crippen LogP contribution is -2.13. The summed E-state index contributed by atoms with van der Waals surface area (Å²) >= 11 is 0. The molecule has 0 fully saturated rings. The molecule has 150 valence electrons. The van der Waals surface area contributed by atoms with Crippen molar-refractivity contribution in [2.24, 2.45) is 5.16 Å². The molecular weight excluding hydrogens is 366 g/mol. The number of allylic oxidation sites excluding steroid dienone is 3. The van der Waals surface area contributed by atoms with Gasteiger partial charge < -0.3 is 24.5 Å². The average Bonchev–Trinajstić information content (AvgIpc) is 2.65. The van der Waals surface area contributed by atoms with Gasteiger partial charge in [-0.1, -0.05) is 23.4 Å². The molecule has 0 atom stereocenters. The summed E-state index contributed by atoms with van der Waals surface area (Å²) in [7, 11) is 1.24. The zero-order valence-electron chi connectivity index (χ0n) is 15.6. The highest BCUT2D eigenvalue weighted by molar-refractivity contribution is 6.00. The van der Waals surface area contributed by atoms with Gasteiger partial charge in [0.25, 0.3) is 0 Å². The smallest absolute Gasteiger partial charge is 0.346 e. The molecule has 0 bridgehead atoms. The first-order valence-electron chi connectivity index (χ1n) is 8.80. The number of hydrogen-bond acceptors (Lipinski definition) is 8. The fourth-order valence-electron chi connectivity index (χ4n) is 2.53. The van der Waals surface area contributed by atoms with E-state index in [1.165, 1.54) is 13.2 Å². The van der Waals surface area contributed by atoms with Gasteiger partial charge >= 0.3 is 11.9 Å². The third kappa shape index (κ3) is 6.46. The molecule has 0 unspecified atom stereocenters. The number of ether oxygens (including phenoxy) is 2. The van der Waals surface area contributed by atoms with Gasteiger partial charge in [-0.3, -0.25) is 0 Å². The van der Waals surface area contributed by atoms with E-state index in [9.17, 15) is 19.8 Å². The van der Waals surface area contributed by atoms with Crippen LogP contribution < -0.4 is 0 Å². The molecule has 0 saturated heterocycles. The minimum Gasteiger partial charge on any atom is -0.508 e. The summed E-state index contributed by atoms with van der Waals surface area (Å²) in [5, 5.41) is 23.9. The average molecular weight is 389 g/mol. The maximum Gasteiger partial charge on any atom is 0.346 e. The summed E-state index contributed by atoms with van der Waals surface area (Å²) in [6.07, 6.45) is 9.68. The Hall–Kier alpha value is -3.29. The summed E-state index contributed by atoms with van der Waals surface area (Å²) in [6.45, 7) is -0.190.